The van der Waals surface area contributed by atoms with Crippen LogP contribution in [0.5, 0.6) is 5.75 Å². The number of ether oxygens (including phenoxy) is 2. The van der Waals surface area contributed by atoms with Crippen LogP contribution in [0.25, 0.3) is 0 Å². The molecule has 0 aromatic heterocycles. The molecule has 0 radical (unpaired) electrons. The van der Waals surface area contributed by atoms with Crippen molar-refractivity contribution in [1.82, 2.24) is 4.31 Å². The molecule has 28 heavy (non-hydrogen) atoms. The van der Waals surface area contributed by atoms with E-state index in [4.69, 9.17) is 9.47 Å². The van der Waals surface area contributed by atoms with Gasteiger partial charge in [-0.2, -0.15) is 4.31 Å². The Balaban J connectivity index is 1.89. The third-order valence-electron chi connectivity index (χ3n) is 4.63. The number of benzene rings is 2. The summed E-state index contributed by atoms with van der Waals surface area (Å²) in [4.78, 5) is 12.9. The molecule has 0 saturated carbocycles. The van der Waals surface area contributed by atoms with Crippen LogP contribution >= 0.6 is 0 Å². The minimum Gasteiger partial charge on any atom is -0.496 e. The number of hydrogen-bond donors (Lipinski definition) is 1. The second-order valence-electron chi connectivity index (χ2n) is 6.65. The van der Waals surface area contributed by atoms with Gasteiger partial charge in [-0.3, -0.25) is 4.79 Å². The molecular weight excluding hydrogens is 380 g/mol. The smallest absolute Gasteiger partial charge is 0.259 e. The Morgan fingerprint density at radius 1 is 1.11 bits per heavy atom. The van der Waals surface area contributed by atoms with Crippen LogP contribution < -0.4 is 10.1 Å². The number of aryl methyl sites for hydroxylation is 2. The van der Waals surface area contributed by atoms with Crippen LogP contribution in [0, 0.1) is 13.8 Å². The fourth-order valence-corrected chi connectivity index (χ4v) is 4.74. The van der Waals surface area contributed by atoms with Gasteiger partial charge in [0.2, 0.25) is 10.0 Å². The van der Waals surface area contributed by atoms with Crippen molar-refractivity contribution in [3.63, 3.8) is 0 Å². The van der Waals surface area contributed by atoms with Crippen molar-refractivity contribution >= 4 is 21.6 Å². The summed E-state index contributed by atoms with van der Waals surface area (Å²) in [6.07, 6.45) is 0. The van der Waals surface area contributed by atoms with Crippen LogP contribution in [0.4, 0.5) is 5.69 Å². The van der Waals surface area contributed by atoms with Crippen molar-refractivity contribution in [1.29, 1.82) is 0 Å². The average Bonchev–Trinajstić information content (AvgIpc) is 2.70. The zero-order chi connectivity index (χ0) is 20.3. The topological polar surface area (TPSA) is 84.9 Å². The summed E-state index contributed by atoms with van der Waals surface area (Å²) in [6, 6.07) is 10.2. The molecule has 2 aromatic rings. The van der Waals surface area contributed by atoms with Crippen LogP contribution in [-0.2, 0) is 14.8 Å². The number of carbonyl (C=O) groups is 1. The number of sulfonamides is 1. The summed E-state index contributed by atoms with van der Waals surface area (Å²) in [5.74, 6) is 0.0931. The van der Waals surface area contributed by atoms with Gasteiger partial charge in [0.25, 0.3) is 5.91 Å². The van der Waals surface area contributed by atoms with E-state index in [-0.39, 0.29) is 10.8 Å². The SMILES string of the molecule is COc1ccc(C)cc1C(=O)Nc1ccc(C)c(S(=O)(=O)N2CCOCC2)c1. The second-order valence-corrected chi connectivity index (χ2v) is 8.56. The molecule has 150 valence electrons. The van der Waals surface area contributed by atoms with E-state index in [0.717, 1.165) is 5.56 Å². The highest BCUT2D eigenvalue weighted by atomic mass is 32.2. The predicted molar refractivity (Wildman–Crippen MR) is 106 cm³/mol. The summed E-state index contributed by atoms with van der Waals surface area (Å²) < 4.78 is 37.9. The molecule has 1 aliphatic rings. The normalized spacial score (nSPS) is 15.2. The first-order valence-corrected chi connectivity index (χ1v) is 10.4. The molecule has 1 amide bonds. The Morgan fingerprint density at radius 3 is 2.50 bits per heavy atom. The number of carbonyl (C=O) groups excluding carboxylic acids is 1. The third kappa shape index (κ3) is 4.19. The van der Waals surface area contributed by atoms with Crippen molar-refractivity contribution < 1.29 is 22.7 Å². The van der Waals surface area contributed by atoms with Crippen molar-refractivity contribution in [2.75, 3.05) is 38.7 Å². The van der Waals surface area contributed by atoms with Gasteiger partial charge in [0, 0.05) is 18.8 Å². The number of nitrogens with zero attached hydrogens (tertiary/aromatic N) is 1. The van der Waals surface area contributed by atoms with E-state index < -0.39 is 10.0 Å². The zero-order valence-corrected chi connectivity index (χ0v) is 17.0. The molecule has 1 heterocycles. The summed E-state index contributed by atoms with van der Waals surface area (Å²) >= 11 is 0. The van der Waals surface area contributed by atoms with E-state index in [0.29, 0.717) is 48.9 Å². The Labute approximate surface area is 165 Å². The van der Waals surface area contributed by atoms with Crippen LogP contribution in [0.2, 0.25) is 0 Å². The van der Waals surface area contributed by atoms with E-state index in [2.05, 4.69) is 5.32 Å². The fourth-order valence-electron chi connectivity index (χ4n) is 3.08. The molecule has 1 saturated heterocycles. The number of nitrogens with one attached hydrogen (secondary N) is 1. The molecule has 1 N–H and O–H groups in total. The van der Waals surface area contributed by atoms with E-state index in [1.54, 1.807) is 31.2 Å². The maximum Gasteiger partial charge on any atom is 0.259 e. The second kappa shape index (κ2) is 8.30. The number of anilines is 1. The number of morpholine rings is 1. The lowest BCUT2D eigenvalue weighted by molar-refractivity contribution is 0.0730. The fraction of sp³-hybridized carbons (Fsp3) is 0.350. The molecule has 2 aromatic carbocycles. The average molecular weight is 404 g/mol. The van der Waals surface area contributed by atoms with Gasteiger partial charge in [-0.15, -0.1) is 0 Å². The van der Waals surface area contributed by atoms with Crippen molar-refractivity contribution in [3.05, 3.63) is 53.1 Å². The van der Waals surface area contributed by atoms with Crippen molar-refractivity contribution in [2.45, 2.75) is 18.7 Å². The van der Waals surface area contributed by atoms with E-state index >= 15 is 0 Å². The number of hydrogen-bond acceptors (Lipinski definition) is 5. The molecule has 7 nitrogen and oxygen atoms in total. The summed E-state index contributed by atoms with van der Waals surface area (Å²) in [6.45, 7) is 5.01. The Hall–Kier alpha value is -2.42. The highest BCUT2D eigenvalue weighted by Crippen LogP contribution is 2.26. The maximum atomic E-state index is 13.0. The molecule has 1 aliphatic heterocycles. The van der Waals surface area contributed by atoms with Crippen molar-refractivity contribution in [3.8, 4) is 5.75 Å². The molecule has 8 heteroatoms. The van der Waals surface area contributed by atoms with E-state index in [9.17, 15) is 13.2 Å². The Kier molecular flexibility index (Phi) is 6.02. The van der Waals surface area contributed by atoms with Crippen LogP contribution in [0.1, 0.15) is 21.5 Å². The first kappa shape index (κ1) is 20.3. The van der Waals surface area contributed by atoms with Crippen LogP contribution in [0.15, 0.2) is 41.3 Å². The van der Waals surface area contributed by atoms with Gasteiger partial charge < -0.3 is 14.8 Å². The molecule has 0 aliphatic carbocycles. The van der Waals surface area contributed by atoms with Crippen LogP contribution in [0.3, 0.4) is 0 Å². The molecule has 0 bridgehead atoms. The Bertz CT molecular complexity index is 982. The monoisotopic (exact) mass is 404 g/mol. The zero-order valence-electron chi connectivity index (χ0n) is 16.2. The van der Waals surface area contributed by atoms with E-state index in [1.807, 2.05) is 13.0 Å². The first-order valence-electron chi connectivity index (χ1n) is 8.97. The highest BCUT2D eigenvalue weighted by Gasteiger charge is 2.28. The van der Waals surface area contributed by atoms with Gasteiger partial charge >= 0.3 is 0 Å². The summed E-state index contributed by atoms with van der Waals surface area (Å²) in [7, 11) is -2.16. The predicted octanol–water partition coefficient (Wildman–Crippen LogP) is 2.59. The first-order chi connectivity index (χ1) is 13.3. The number of amides is 1. The standard InChI is InChI=1S/C20H24N2O5S/c1-14-4-7-18(26-3)17(12-14)20(23)21-16-6-5-15(2)19(13-16)28(24,25)22-8-10-27-11-9-22/h4-7,12-13H,8-11H2,1-3H3,(H,21,23). The Morgan fingerprint density at radius 2 is 1.82 bits per heavy atom. The van der Waals surface area contributed by atoms with Gasteiger partial charge in [-0.25, -0.2) is 8.42 Å². The number of methoxy groups -OCH3 is 1. The number of rotatable bonds is 5. The molecular formula is C20H24N2O5S. The summed E-state index contributed by atoms with van der Waals surface area (Å²) in [5.41, 5.74) is 2.34. The minimum absolute atomic E-state index is 0.184. The lowest BCUT2D eigenvalue weighted by Crippen LogP contribution is -2.40. The van der Waals surface area contributed by atoms with E-state index in [1.165, 1.54) is 17.5 Å². The lowest BCUT2D eigenvalue weighted by Gasteiger charge is -2.26. The van der Waals surface area contributed by atoms with Gasteiger partial charge in [0.1, 0.15) is 5.75 Å². The summed E-state index contributed by atoms with van der Waals surface area (Å²) in [5, 5.41) is 2.78. The van der Waals surface area contributed by atoms with Crippen molar-refractivity contribution in [2.24, 2.45) is 0 Å². The minimum atomic E-state index is -3.66. The van der Waals surface area contributed by atoms with Gasteiger partial charge in [-0.1, -0.05) is 17.7 Å². The van der Waals surface area contributed by atoms with Gasteiger partial charge in [0.15, 0.2) is 0 Å². The quantitative estimate of drug-likeness (QED) is 0.828. The molecule has 1 fully saturated rings. The van der Waals surface area contributed by atoms with Gasteiger partial charge in [0.05, 0.1) is 30.8 Å². The molecule has 0 atom stereocenters. The van der Waals surface area contributed by atoms with Crippen LogP contribution in [-0.4, -0.2) is 52.0 Å². The molecule has 0 unspecified atom stereocenters. The molecule has 0 spiro atoms. The molecule has 3 rings (SSSR count). The third-order valence-corrected chi connectivity index (χ3v) is 6.67. The maximum absolute atomic E-state index is 13.0. The largest absolute Gasteiger partial charge is 0.496 e. The lowest BCUT2D eigenvalue weighted by atomic mass is 10.1. The van der Waals surface area contributed by atoms with Gasteiger partial charge in [-0.05, 0) is 43.7 Å². The highest BCUT2D eigenvalue weighted by molar-refractivity contribution is 7.89.